The highest BCUT2D eigenvalue weighted by Crippen LogP contribution is 2.19. The molecule has 2 rings (SSSR count). The molecular formula is C12H18N2O3. The average Bonchev–Trinajstić information content (AvgIpc) is 3.11. The number of nitrogens with one attached hydrogen (secondary N) is 2. The van der Waals surface area contributed by atoms with E-state index in [4.69, 9.17) is 0 Å². The van der Waals surface area contributed by atoms with Crippen LogP contribution in [0, 0.1) is 5.92 Å². The Balaban J connectivity index is 1.70. The molecule has 0 spiro atoms. The van der Waals surface area contributed by atoms with Crippen LogP contribution in [0.1, 0.15) is 38.5 Å². The third-order valence-corrected chi connectivity index (χ3v) is 3.29. The quantitative estimate of drug-likeness (QED) is 0.669. The zero-order chi connectivity index (χ0) is 12.3. The smallest absolute Gasteiger partial charge is 0.287 e. The van der Waals surface area contributed by atoms with Crippen molar-refractivity contribution in [2.75, 3.05) is 6.54 Å². The predicted octanol–water partition coefficient (Wildman–Crippen LogP) is 0.140. The maximum atomic E-state index is 11.5. The number of hydrogen-bond donors (Lipinski definition) is 2. The number of carbonyl (C=O) groups is 3. The van der Waals surface area contributed by atoms with Gasteiger partial charge in [0.1, 0.15) is 0 Å². The Morgan fingerprint density at radius 1 is 1.29 bits per heavy atom. The van der Waals surface area contributed by atoms with Gasteiger partial charge in [0.15, 0.2) is 0 Å². The van der Waals surface area contributed by atoms with Crippen molar-refractivity contribution in [3.8, 4) is 0 Å². The van der Waals surface area contributed by atoms with Crippen molar-refractivity contribution >= 4 is 17.6 Å². The van der Waals surface area contributed by atoms with Crippen LogP contribution in [0.25, 0.3) is 0 Å². The van der Waals surface area contributed by atoms with E-state index in [1.807, 2.05) is 0 Å². The molecule has 94 valence electrons. The summed E-state index contributed by atoms with van der Waals surface area (Å²) < 4.78 is 0. The van der Waals surface area contributed by atoms with Crippen LogP contribution in [-0.4, -0.2) is 30.2 Å². The zero-order valence-corrected chi connectivity index (χ0v) is 9.83. The normalized spacial score (nSPS) is 24.0. The number of piperidine rings is 1. The van der Waals surface area contributed by atoms with Crippen LogP contribution in [0.5, 0.6) is 0 Å². The molecule has 1 saturated carbocycles. The Morgan fingerprint density at radius 2 is 2.06 bits per heavy atom. The van der Waals surface area contributed by atoms with Gasteiger partial charge in [-0.2, -0.15) is 0 Å². The van der Waals surface area contributed by atoms with Crippen molar-refractivity contribution in [2.45, 2.75) is 44.6 Å². The van der Waals surface area contributed by atoms with Crippen molar-refractivity contribution < 1.29 is 14.4 Å². The summed E-state index contributed by atoms with van der Waals surface area (Å²) in [7, 11) is 0. The Hall–Kier alpha value is -1.39. The van der Waals surface area contributed by atoms with Gasteiger partial charge in [0.2, 0.25) is 11.7 Å². The molecule has 1 aliphatic carbocycles. The highest BCUT2D eigenvalue weighted by molar-refractivity contribution is 6.36. The minimum absolute atomic E-state index is 0.0200. The topological polar surface area (TPSA) is 75.3 Å². The van der Waals surface area contributed by atoms with Gasteiger partial charge in [0.25, 0.3) is 5.91 Å². The van der Waals surface area contributed by atoms with Crippen LogP contribution in [0.15, 0.2) is 0 Å². The fraction of sp³-hybridized carbons (Fsp3) is 0.750. The number of hydrogen-bond acceptors (Lipinski definition) is 3. The summed E-state index contributed by atoms with van der Waals surface area (Å²) in [5.74, 6) is -0.952. The van der Waals surface area contributed by atoms with Crippen LogP contribution in [0.2, 0.25) is 0 Å². The highest BCUT2D eigenvalue weighted by atomic mass is 16.2. The number of carbonyl (C=O) groups excluding carboxylic acids is 3. The van der Waals surface area contributed by atoms with Gasteiger partial charge in [-0.15, -0.1) is 0 Å². The van der Waals surface area contributed by atoms with Crippen molar-refractivity contribution in [1.82, 2.24) is 10.6 Å². The second kappa shape index (κ2) is 5.29. The molecule has 1 heterocycles. The number of Topliss-reactive ketones (excluding diaryl/α,β-unsaturated/α-hetero) is 1. The van der Waals surface area contributed by atoms with Crippen molar-refractivity contribution in [1.29, 1.82) is 0 Å². The van der Waals surface area contributed by atoms with E-state index in [1.165, 1.54) is 0 Å². The first-order valence-corrected chi connectivity index (χ1v) is 6.28. The Labute approximate surface area is 100 Å². The molecule has 0 bridgehead atoms. The molecule has 0 aromatic carbocycles. The van der Waals surface area contributed by atoms with Crippen LogP contribution < -0.4 is 10.6 Å². The van der Waals surface area contributed by atoms with E-state index in [2.05, 4.69) is 10.6 Å². The number of amides is 2. The lowest BCUT2D eigenvalue weighted by molar-refractivity contribution is -0.138. The Morgan fingerprint density at radius 3 is 2.71 bits per heavy atom. The molecule has 0 radical (unpaired) electrons. The molecule has 0 aromatic rings. The van der Waals surface area contributed by atoms with E-state index in [9.17, 15) is 14.4 Å². The fourth-order valence-electron chi connectivity index (χ4n) is 2.02. The van der Waals surface area contributed by atoms with Crippen molar-refractivity contribution in [3.63, 3.8) is 0 Å². The predicted molar refractivity (Wildman–Crippen MR) is 61.1 cm³/mol. The van der Waals surface area contributed by atoms with Crippen LogP contribution >= 0.6 is 0 Å². The molecular weight excluding hydrogens is 220 g/mol. The molecule has 0 unspecified atom stereocenters. The van der Waals surface area contributed by atoms with E-state index in [-0.39, 0.29) is 24.3 Å². The molecule has 5 nitrogen and oxygen atoms in total. The average molecular weight is 238 g/mol. The van der Waals surface area contributed by atoms with Gasteiger partial charge in [0, 0.05) is 24.9 Å². The largest absolute Gasteiger partial charge is 0.356 e. The summed E-state index contributed by atoms with van der Waals surface area (Å²) in [5, 5.41) is 5.44. The third kappa shape index (κ3) is 3.54. The fourth-order valence-corrected chi connectivity index (χ4v) is 2.02. The first kappa shape index (κ1) is 12.1. The third-order valence-electron chi connectivity index (χ3n) is 3.29. The van der Waals surface area contributed by atoms with Crippen molar-refractivity contribution in [2.24, 2.45) is 5.92 Å². The zero-order valence-electron chi connectivity index (χ0n) is 9.83. The molecule has 2 fully saturated rings. The lowest BCUT2D eigenvalue weighted by Gasteiger charge is -2.21. The molecule has 1 atom stereocenters. The molecule has 0 aromatic heterocycles. The summed E-state index contributed by atoms with van der Waals surface area (Å²) in [6.45, 7) is 0.728. The van der Waals surface area contributed by atoms with Crippen LogP contribution in [-0.2, 0) is 14.4 Å². The standard InChI is InChI=1S/C12H18N2O3/c15-10(12(17)14-9-4-5-9)6-3-8-2-1-7-13-11(8)16/h8-9H,1-7H2,(H,13,16)(H,14,17)/t8-/m0/s1. The lowest BCUT2D eigenvalue weighted by atomic mass is 9.93. The van der Waals surface area contributed by atoms with Gasteiger partial charge in [-0.25, -0.2) is 0 Å². The van der Waals surface area contributed by atoms with E-state index >= 15 is 0 Å². The second-order valence-corrected chi connectivity index (χ2v) is 4.84. The second-order valence-electron chi connectivity index (χ2n) is 4.84. The minimum Gasteiger partial charge on any atom is -0.356 e. The van der Waals surface area contributed by atoms with E-state index in [0.717, 1.165) is 32.2 Å². The molecule has 1 saturated heterocycles. The molecule has 5 heteroatoms. The lowest BCUT2D eigenvalue weighted by Crippen LogP contribution is -2.37. The summed E-state index contributed by atoms with van der Waals surface area (Å²) in [4.78, 5) is 34.3. The number of rotatable bonds is 5. The first-order chi connectivity index (χ1) is 8.16. The van der Waals surface area contributed by atoms with E-state index in [1.54, 1.807) is 0 Å². The van der Waals surface area contributed by atoms with Gasteiger partial charge in [-0.05, 0) is 32.1 Å². The first-order valence-electron chi connectivity index (χ1n) is 6.28. The molecule has 1 aliphatic heterocycles. The molecule has 17 heavy (non-hydrogen) atoms. The van der Waals surface area contributed by atoms with Crippen molar-refractivity contribution in [3.05, 3.63) is 0 Å². The van der Waals surface area contributed by atoms with Gasteiger partial charge in [-0.1, -0.05) is 0 Å². The summed E-state index contributed by atoms with van der Waals surface area (Å²) in [5.41, 5.74) is 0. The summed E-state index contributed by atoms with van der Waals surface area (Å²) >= 11 is 0. The molecule has 2 amide bonds. The number of ketones is 1. The maximum absolute atomic E-state index is 11.5. The highest BCUT2D eigenvalue weighted by Gasteiger charge is 2.28. The van der Waals surface area contributed by atoms with Gasteiger partial charge >= 0.3 is 0 Å². The van der Waals surface area contributed by atoms with Crippen LogP contribution in [0.3, 0.4) is 0 Å². The van der Waals surface area contributed by atoms with E-state index in [0.29, 0.717) is 6.42 Å². The van der Waals surface area contributed by atoms with Crippen LogP contribution in [0.4, 0.5) is 0 Å². The maximum Gasteiger partial charge on any atom is 0.287 e. The molecule has 2 N–H and O–H groups in total. The summed E-state index contributed by atoms with van der Waals surface area (Å²) in [6, 6.07) is 0.212. The Bertz CT molecular complexity index is 337. The monoisotopic (exact) mass is 238 g/mol. The van der Waals surface area contributed by atoms with Gasteiger partial charge in [-0.3, -0.25) is 14.4 Å². The Kier molecular flexibility index (Phi) is 3.76. The minimum atomic E-state index is -0.483. The van der Waals surface area contributed by atoms with Gasteiger partial charge < -0.3 is 10.6 Å². The molecule has 2 aliphatic rings. The summed E-state index contributed by atoms with van der Waals surface area (Å²) in [6.07, 6.45) is 4.40. The van der Waals surface area contributed by atoms with Gasteiger partial charge in [0.05, 0.1) is 0 Å². The SMILES string of the molecule is O=C(CC[C@@H]1CCCNC1=O)C(=O)NC1CC1. The van der Waals surface area contributed by atoms with E-state index < -0.39 is 11.7 Å².